The molecule has 0 aliphatic heterocycles. The summed E-state index contributed by atoms with van der Waals surface area (Å²) in [7, 11) is 0. The zero-order valence-corrected chi connectivity index (χ0v) is 10.9. The van der Waals surface area contributed by atoms with Gasteiger partial charge in [0, 0.05) is 6.54 Å². The van der Waals surface area contributed by atoms with Gasteiger partial charge in [-0.15, -0.1) is 4.91 Å². The number of hydrogen-bond donors (Lipinski definition) is 1. The Morgan fingerprint density at radius 3 is 2.40 bits per heavy atom. The standard InChI is InChI=1S/C13H14N4O3/c1-2-8-16-12(18)10(15-20)11(14)17(13(16)19)9-6-4-3-5-7-9/h3-7H,2,8,14H2,1H3. The molecule has 0 saturated heterocycles. The number of anilines is 1. The number of nitrogens with zero attached hydrogens (tertiary/aromatic N) is 3. The Morgan fingerprint density at radius 2 is 1.85 bits per heavy atom. The van der Waals surface area contributed by atoms with Crippen LogP contribution in [0.5, 0.6) is 0 Å². The molecule has 1 heterocycles. The molecule has 0 aliphatic rings. The predicted molar refractivity (Wildman–Crippen MR) is 76.5 cm³/mol. The minimum Gasteiger partial charge on any atom is -0.383 e. The number of hydrogen-bond acceptors (Lipinski definition) is 5. The summed E-state index contributed by atoms with van der Waals surface area (Å²) in [5, 5.41) is 2.67. The average Bonchev–Trinajstić information content (AvgIpc) is 2.45. The molecular weight excluding hydrogens is 260 g/mol. The molecule has 0 bridgehead atoms. The average molecular weight is 274 g/mol. The van der Waals surface area contributed by atoms with Crippen LogP contribution in [0, 0.1) is 4.91 Å². The van der Waals surface area contributed by atoms with Gasteiger partial charge in [-0.2, -0.15) is 0 Å². The van der Waals surface area contributed by atoms with E-state index >= 15 is 0 Å². The highest BCUT2D eigenvalue weighted by atomic mass is 16.3. The molecule has 2 aromatic rings. The highest BCUT2D eigenvalue weighted by molar-refractivity contribution is 5.59. The number of benzene rings is 1. The van der Waals surface area contributed by atoms with Crippen LogP contribution >= 0.6 is 0 Å². The summed E-state index contributed by atoms with van der Waals surface area (Å²) in [6.07, 6.45) is 0.576. The fourth-order valence-corrected chi connectivity index (χ4v) is 1.99. The van der Waals surface area contributed by atoms with E-state index < -0.39 is 16.9 Å². The SMILES string of the molecule is CCCn1c(=O)c(N=O)c(N)n(-c2ccccc2)c1=O. The molecule has 0 unspecified atom stereocenters. The van der Waals surface area contributed by atoms with Crippen molar-refractivity contribution in [1.82, 2.24) is 9.13 Å². The monoisotopic (exact) mass is 274 g/mol. The molecule has 0 aliphatic carbocycles. The molecule has 0 spiro atoms. The Morgan fingerprint density at radius 1 is 1.20 bits per heavy atom. The molecule has 0 fully saturated rings. The lowest BCUT2D eigenvalue weighted by atomic mass is 10.3. The molecule has 2 N–H and O–H groups in total. The molecule has 2 rings (SSSR count). The van der Waals surface area contributed by atoms with Gasteiger partial charge in [0.1, 0.15) is 5.82 Å². The second-order valence-corrected chi connectivity index (χ2v) is 4.24. The van der Waals surface area contributed by atoms with E-state index in [4.69, 9.17) is 5.73 Å². The van der Waals surface area contributed by atoms with E-state index in [0.29, 0.717) is 12.1 Å². The molecule has 0 atom stereocenters. The summed E-state index contributed by atoms with van der Waals surface area (Å²) in [6.45, 7) is 2.02. The third kappa shape index (κ3) is 2.13. The van der Waals surface area contributed by atoms with E-state index in [2.05, 4.69) is 5.18 Å². The quantitative estimate of drug-likeness (QED) is 0.851. The Balaban J connectivity index is 2.88. The van der Waals surface area contributed by atoms with Crippen LogP contribution < -0.4 is 17.0 Å². The Bertz CT molecular complexity index is 747. The maximum Gasteiger partial charge on any atom is 0.337 e. The Kier molecular flexibility index (Phi) is 3.79. The van der Waals surface area contributed by atoms with E-state index in [1.165, 1.54) is 0 Å². The maximum atomic E-state index is 12.4. The first-order valence-electron chi connectivity index (χ1n) is 6.16. The van der Waals surface area contributed by atoms with Gasteiger partial charge in [-0.25, -0.2) is 9.36 Å². The predicted octanol–water partition coefficient (Wildman–Crippen LogP) is 1.39. The zero-order chi connectivity index (χ0) is 14.7. The summed E-state index contributed by atoms with van der Waals surface area (Å²) in [5.41, 5.74) is 4.45. The van der Waals surface area contributed by atoms with Gasteiger partial charge in [0.15, 0.2) is 0 Å². The van der Waals surface area contributed by atoms with E-state index in [1.54, 1.807) is 30.3 Å². The second-order valence-electron chi connectivity index (χ2n) is 4.24. The molecule has 0 amide bonds. The fraction of sp³-hybridized carbons (Fsp3) is 0.231. The van der Waals surface area contributed by atoms with Crippen molar-refractivity contribution in [3.63, 3.8) is 0 Å². The molecule has 7 nitrogen and oxygen atoms in total. The lowest BCUT2D eigenvalue weighted by Gasteiger charge is -2.13. The highest BCUT2D eigenvalue weighted by Gasteiger charge is 2.18. The zero-order valence-electron chi connectivity index (χ0n) is 10.9. The molecule has 1 aromatic heterocycles. The summed E-state index contributed by atoms with van der Waals surface area (Å²) >= 11 is 0. The number of nitrogens with two attached hydrogens (primary N) is 1. The fourth-order valence-electron chi connectivity index (χ4n) is 1.99. The van der Waals surface area contributed by atoms with Crippen molar-refractivity contribution in [1.29, 1.82) is 0 Å². The second kappa shape index (κ2) is 5.52. The van der Waals surface area contributed by atoms with E-state index in [9.17, 15) is 14.5 Å². The van der Waals surface area contributed by atoms with Gasteiger partial charge in [0.25, 0.3) is 5.56 Å². The normalized spacial score (nSPS) is 10.4. The van der Waals surface area contributed by atoms with Gasteiger partial charge in [0.05, 0.1) is 5.69 Å². The van der Waals surface area contributed by atoms with Crippen LogP contribution in [0.25, 0.3) is 5.69 Å². The van der Waals surface area contributed by atoms with Gasteiger partial charge in [-0.1, -0.05) is 25.1 Å². The van der Waals surface area contributed by atoms with Crippen LogP contribution in [0.4, 0.5) is 11.5 Å². The van der Waals surface area contributed by atoms with E-state index in [-0.39, 0.29) is 12.4 Å². The molecule has 0 radical (unpaired) electrons. The van der Waals surface area contributed by atoms with Crippen LogP contribution in [-0.2, 0) is 6.54 Å². The van der Waals surface area contributed by atoms with Crippen molar-refractivity contribution in [3.8, 4) is 5.69 Å². The number of rotatable bonds is 4. The lowest BCUT2D eigenvalue weighted by molar-refractivity contribution is 0.601. The highest BCUT2D eigenvalue weighted by Crippen LogP contribution is 2.18. The largest absolute Gasteiger partial charge is 0.383 e. The lowest BCUT2D eigenvalue weighted by Crippen LogP contribution is -2.40. The molecule has 7 heteroatoms. The third-order valence-electron chi connectivity index (χ3n) is 2.91. The first-order valence-corrected chi connectivity index (χ1v) is 6.16. The van der Waals surface area contributed by atoms with Gasteiger partial charge in [0.2, 0.25) is 5.69 Å². The van der Waals surface area contributed by atoms with Crippen molar-refractivity contribution in [2.45, 2.75) is 19.9 Å². The Hall–Kier alpha value is -2.70. The summed E-state index contributed by atoms with van der Waals surface area (Å²) in [5.74, 6) is -0.242. The minimum absolute atomic E-state index is 0.202. The van der Waals surface area contributed by atoms with Crippen molar-refractivity contribution >= 4 is 11.5 Å². The number of aromatic nitrogens is 2. The van der Waals surface area contributed by atoms with Crippen LogP contribution in [0.3, 0.4) is 0 Å². The molecule has 1 aromatic carbocycles. The first-order chi connectivity index (χ1) is 9.61. The van der Waals surface area contributed by atoms with E-state index in [1.807, 2.05) is 6.92 Å². The summed E-state index contributed by atoms with van der Waals surface area (Å²) < 4.78 is 2.09. The Labute approximate surface area is 114 Å². The van der Waals surface area contributed by atoms with Crippen molar-refractivity contribution < 1.29 is 0 Å². The van der Waals surface area contributed by atoms with Crippen LogP contribution in [-0.4, -0.2) is 9.13 Å². The van der Waals surface area contributed by atoms with Crippen molar-refractivity contribution in [2.24, 2.45) is 5.18 Å². The van der Waals surface area contributed by atoms with Gasteiger partial charge in [-0.3, -0.25) is 9.36 Å². The number of para-hydroxylation sites is 1. The van der Waals surface area contributed by atoms with Crippen LogP contribution in [0.2, 0.25) is 0 Å². The molecule has 20 heavy (non-hydrogen) atoms. The molecular formula is C13H14N4O3. The first kappa shape index (κ1) is 13.7. The summed E-state index contributed by atoms with van der Waals surface area (Å²) in [4.78, 5) is 35.2. The topological polar surface area (TPSA) is 99.4 Å². The van der Waals surface area contributed by atoms with Gasteiger partial charge >= 0.3 is 5.69 Å². The van der Waals surface area contributed by atoms with E-state index in [0.717, 1.165) is 9.13 Å². The number of nitrogen functional groups attached to an aromatic ring is 1. The maximum absolute atomic E-state index is 12.4. The minimum atomic E-state index is -0.753. The van der Waals surface area contributed by atoms with Crippen molar-refractivity contribution in [2.75, 3.05) is 5.73 Å². The molecule has 0 saturated carbocycles. The van der Waals surface area contributed by atoms with Crippen molar-refractivity contribution in [3.05, 3.63) is 56.1 Å². The van der Waals surface area contributed by atoms with Gasteiger partial charge in [-0.05, 0) is 23.7 Å². The summed E-state index contributed by atoms with van der Waals surface area (Å²) in [6, 6.07) is 8.56. The number of nitroso groups, excluding NO2 is 1. The van der Waals surface area contributed by atoms with Crippen LogP contribution in [0.15, 0.2) is 45.1 Å². The van der Waals surface area contributed by atoms with Gasteiger partial charge < -0.3 is 5.73 Å². The van der Waals surface area contributed by atoms with Crippen LogP contribution in [0.1, 0.15) is 13.3 Å². The molecule has 104 valence electrons. The third-order valence-corrected chi connectivity index (χ3v) is 2.91. The smallest absolute Gasteiger partial charge is 0.337 e.